The molecule has 0 unspecified atom stereocenters. The maximum Gasteiger partial charge on any atom is 0.326 e. The lowest BCUT2D eigenvalue weighted by atomic mass is 9.85. The van der Waals surface area contributed by atoms with Crippen LogP contribution >= 0.6 is 0 Å². The van der Waals surface area contributed by atoms with Gasteiger partial charge in [0.25, 0.3) is 0 Å². The average molecular weight is 256 g/mol. The Hall–Kier alpha value is -1.10. The molecule has 0 bridgehead atoms. The monoisotopic (exact) mass is 256 g/mol. The number of carbonyl (C=O) groups is 2. The first-order chi connectivity index (χ1) is 8.41. The predicted molar refractivity (Wildman–Crippen MR) is 69.0 cm³/mol. The van der Waals surface area contributed by atoms with Crippen LogP contribution in [0.2, 0.25) is 0 Å². The van der Waals surface area contributed by atoms with Crippen molar-refractivity contribution in [1.29, 1.82) is 0 Å². The van der Waals surface area contributed by atoms with Crippen molar-refractivity contribution in [2.24, 2.45) is 17.1 Å². The highest BCUT2D eigenvalue weighted by Crippen LogP contribution is 2.37. The van der Waals surface area contributed by atoms with Crippen molar-refractivity contribution < 1.29 is 14.7 Å². The third-order valence-corrected chi connectivity index (χ3v) is 3.74. The summed E-state index contributed by atoms with van der Waals surface area (Å²) in [7, 11) is 0. The van der Waals surface area contributed by atoms with Crippen molar-refractivity contribution in [2.45, 2.75) is 52.0 Å². The van der Waals surface area contributed by atoms with Crippen LogP contribution in [0.1, 0.15) is 46.0 Å². The minimum atomic E-state index is -0.970. The van der Waals surface area contributed by atoms with Gasteiger partial charge in [0.2, 0.25) is 5.91 Å². The molecule has 1 aliphatic rings. The van der Waals surface area contributed by atoms with E-state index in [4.69, 9.17) is 10.8 Å². The smallest absolute Gasteiger partial charge is 0.326 e. The Morgan fingerprint density at radius 3 is 2.28 bits per heavy atom. The highest BCUT2D eigenvalue weighted by Gasteiger charge is 2.41. The summed E-state index contributed by atoms with van der Waals surface area (Å²) in [6, 6.07) is -0.804. The van der Waals surface area contributed by atoms with Crippen LogP contribution in [0, 0.1) is 11.3 Å². The van der Waals surface area contributed by atoms with Crippen molar-refractivity contribution in [3.63, 3.8) is 0 Å². The van der Waals surface area contributed by atoms with Gasteiger partial charge in [0, 0.05) is 6.54 Å². The van der Waals surface area contributed by atoms with E-state index in [2.05, 4.69) is 5.32 Å². The number of rotatable bonds is 6. The van der Waals surface area contributed by atoms with Gasteiger partial charge in [0.15, 0.2) is 0 Å². The highest BCUT2D eigenvalue weighted by molar-refractivity contribution is 5.87. The number of nitrogens with one attached hydrogen (secondary N) is 1. The second kappa shape index (κ2) is 6.18. The molecular formula is C13H24N2O3. The van der Waals surface area contributed by atoms with E-state index >= 15 is 0 Å². The molecule has 0 aromatic carbocycles. The quantitative estimate of drug-likeness (QED) is 0.664. The van der Waals surface area contributed by atoms with E-state index in [1.165, 1.54) is 0 Å². The van der Waals surface area contributed by atoms with Gasteiger partial charge in [-0.1, -0.05) is 26.7 Å². The maximum absolute atomic E-state index is 12.2. The summed E-state index contributed by atoms with van der Waals surface area (Å²) in [6.07, 6.45) is 3.97. The minimum Gasteiger partial charge on any atom is -0.480 e. The number of carboxylic acids is 1. The lowest BCUT2D eigenvalue weighted by molar-refractivity contribution is -0.144. The van der Waals surface area contributed by atoms with E-state index in [9.17, 15) is 9.59 Å². The molecule has 0 radical (unpaired) electrons. The number of hydrogen-bond donors (Lipinski definition) is 3. The van der Waals surface area contributed by atoms with Gasteiger partial charge in [-0.15, -0.1) is 0 Å². The van der Waals surface area contributed by atoms with Crippen molar-refractivity contribution in [2.75, 3.05) is 6.54 Å². The van der Waals surface area contributed by atoms with Crippen LogP contribution in [0.25, 0.3) is 0 Å². The fourth-order valence-corrected chi connectivity index (χ4v) is 2.58. The fourth-order valence-electron chi connectivity index (χ4n) is 2.58. The zero-order valence-corrected chi connectivity index (χ0v) is 11.2. The zero-order chi connectivity index (χ0) is 13.8. The highest BCUT2D eigenvalue weighted by atomic mass is 16.4. The first-order valence-corrected chi connectivity index (χ1v) is 6.65. The van der Waals surface area contributed by atoms with E-state index in [1.54, 1.807) is 0 Å². The fraction of sp³-hybridized carbons (Fsp3) is 0.846. The lowest BCUT2D eigenvalue weighted by Gasteiger charge is -2.28. The molecule has 104 valence electrons. The number of hydrogen-bond acceptors (Lipinski definition) is 3. The van der Waals surface area contributed by atoms with Gasteiger partial charge in [-0.25, -0.2) is 4.79 Å². The Balaban J connectivity index is 2.68. The van der Waals surface area contributed by atoms with Crippen molar-refractivity contribution in [3.05, 3.63) is 0 Å². The van der Waals surface area contributed by atoms with E-state index in [1.807, 2.05) is 13.8 Å². The molecule has 1 atom stereocenters. The van der Waals surface area contributed by atoms with E-state index in [-0.39, 0.29) is 11.8 Å². The molecule has 0 aliphatic heterocycles. The third kappa shape index (κ3) is 3.45. The van der Waals surface area contributed by atoms with Gasteiger partial charge in [-0.3, -0.25) is 4.79 Å². The molecule has 0 heterocycles. The summed E-state index contributed by atoms with van der Waals surface area (Å²) in [4.78, 5) is 23.4. The number of carboxylic acid groups (broad SMARTS) is 1. The summed E-state index contributed by atoms with van der Waals surface area (Å²) in [5.41, 5.74) is 5.18. The molecule has 0 aromatic heterocycles. The SMILES string of the molecule is CC(C)C[C@H](NC(=O)C1(CN)CCCC1)C(=O)O. The van der Waals surface area contributed by atoms with Crippen LogP contribution in [0.5, 0.6) is 0 Å². The minimum absolute atomic E-state index is 0.185. The predicted octanol–water partition coefficient (Wildman–Crippen LogP) is 1.12. The molecule has 1 rings (SSSR count). The van der Waals surface area contributed by atoms with Crippen LogP contribution in [0.15, 0.2) is 0 Å². The first-order valence-electron chi connectivity index (χ1n) is 6.65. The van der Waals surface area contributed by atoms with Crippen LogP contribution in [0.4, 0.5) is 0 Å². The molecule has 5 nitrogen and oxygen atoms in total. The van der Waals surface area contributed by atoms with Crippen molar-refractivity contribution in [1.82, 2.24) is 5.32 Å². The summed E-state index contributed by atoms with van der Waals surface area (Å²) in [5.74, 6) is -0.929. The third-order valence-electron chi connectivity index (χ3n) is 3.74. The van der Waals surface area contributed by atoms with Gasteiger partial charge >= 0.3 is 5.97 Å². The van der Waals surface area contributed by atoms with Crippen LogP contribution in [-0.4, -0.2) is 29.6 Å². The second-order valence-electron chi connectivity index (χ2n) is 5.69. The maximum atomic E-state index is 12.2. The Bertz CT molecular complexity index is 309. The van der Waals surface area contributed by atoms with Crippen LogP contribution in [0.3, 0.4) is 0 Å². The largest absolute Gasteiger partial charge is 0.480 e. The lowest BCUT2D eigenvalue weighted by Crippen LogP contribution is -2.50. The molecular weight excluding hydrogens is 232 g/mol. The summed E-state index contributed by atoms with van der Waals surface area (Å²) >= 11 is 0. The van der Waals surface area contributed by atoms with E-state index in [0.29, 0.717) is 13.0 Å². The van der Waals surface area contributed by atoms with E-state index in [0.717, 1.165) is 25.7 Å². The first kappa shape index (κ1) is 15.0. The van der Waals surface area contributed by atoms with E-state index < -0.39 is 17.4 Å². The summed E-state index contributed by atoms with van der Waals surface area (Å²) in [5, 5.41) is 11.8. The van der Waals surface area contributed by atoms with Gasteiger partial charge in [-0.05, 0) is 25.2 Å². The number of nitrogens with two attached hydrogens (primary N) is 1. The molecule has 1 fully saturated rings. The number of amides is 1. The summed E-state index contributed by atoms with van der Waals surface area (Å²) in [6.45, 7) is 4.18. The molecule has 1 saturated carbocycles. The molecule has 0 aromatic rings. The number of carbonyl (C=O) groups excluding carboxylic acids is 1. The molecule has 4 N–H and O–H groups in total. The second-order valence-corrected chi connectivity index (χ2v) is 5.69. The zero-order valence-electron chi connectivity index (χ0n) is 11.2. The summed E-state index contributed by atoms with van der Waals surface area (Å²) < 4.78 is 0. The number of aliphatic carboxylic acids is 1. The Morgan fingerprint density at radius 2 is 1.89 bits per heavy atom. The molecule has 0 spiro atoms. The topological polar surface area (TPSA) is 92.4 Å². The Morgan fingerprint density at radius 1 is 1.33 bits per heavy atom. The van der Waals surface area contributed by atoms with Gasteiger partial charge in [0.05, 0.1) is 5.41 Å². The molecule has 18 heavy (non-hydrogen) atoms. The molecule has 5 heteroatoms. The van der Waals surface area contributed by atoms with Crippen molar-refractivity contribution in [3.8, 4) is 0 Å². The van der Waals surface area contributed by atoms with Gasteiger partial charge < -0.3 is 16.2 Å². The Labute approximate surface area is 108 Å². The molecule has 1 amide bonds. The van der Waals surface area contributed by atoms with Crippen LogP contribution in [-0.2, 0) is 9.59 Å². The average Bonchev–Trinajstić information content (AvgIpc) is 2.77. The standard InChI is InChI=1S/C13H24N2O3/c1-9(2)7-10(11(16)17)15-12(18)13(8-14)5-3-4-6-13/h9-10H,3-8,14H2,1-2H3,(H,15,18)(H,16,17)/t10-/m0/s1. The van der Waals surface area contributed by atoms with Gasteiger partial charge in [-0.2, -0.15) is 0 Å². The normalized spacial score (nSPS) is 19.8. The molecule has 0 saturated heterocycles. The van der Waals surface area contributed by atoms with Gasteiger partial charge in [0.1, 0.15) is 6.04 Å². The Kier molecular flexibility index (Phi) is 5.14. The van der Waals surface area contributed by atoms with Crippen LogP contribution < -0.4 is 11.1 Å². The molecule has 1 aliphatic carbocycles. The van der Waals surface area contributed by atoms with Crippen molar-refractivity contribution >= 4 is 11.9 Å².